The summed E-state index contributed by atoms with van der Waals surface area (Å²) in [4.78, 5) is 2.64. The van der Waals surface area contributed by atoms with Crippen molar-refractivity contribution in [1.29, 1.82) is 0 Å². The number of hydrogen-bond acceptors (Lipinski definition) is 3. The largest absolute Gasteiger partial charge is 0.300 e. The molecule has 27 heavy (non-hydrogen) atoms. The van der Waals surface area contributed by atoms with Crippen molar-refractivity contribution < 1.29 is 12.8 Å². The Kier molecular flexibility index (Phi) is 5.99. The van der Waals surface area contributed by atoms with Gasteiger partial charge in [0, 0.05) is 32.7 Å². The fraction of sp³-hybridized carbons (Fsp3) is 0.429. The highest BCUT2D eigenvalue weighted by Crippen LogP contribution is 2.26. The number of benzene rings is 2. The minimum atomic E-state index is -3.49. The third kappa shape index (κ3) is 4.39. The molecule has 0 aromatic heterocycles. The van der Waals surface area contributed by atoms with Crippen molar-refractivity contribution in [2.45, 2.75) is 32.1 Å². The van der Waals surface area contributed by atoms with Crippen LogP contribution in [0.2, 0.25) is 0 Å². The monoisotopic (exact) mass is 390 g/mol. The predicted molar refractivity (Wildman–Crippen MR) is 106 cm³/mol. The van der Waals surface area contributed by atoms with E-state index in [-0.39, 0.29) is 5.82 Å². The average Bonchev–Trinajstić information content (AvgIpc) is 2.60. The predicted octanol–water partition coefficient (Wildman–Crippen LogP) is 3.30. The summed E-state index contributed by atoms with van der Waals surface area (Å²) in [6.07, 6.45) is 0.635. The van der Waals surface area contributed by atoms with Gasteiger partial charge < -0.3 is 4.90 Å². The van der Waals surface area contributed by atoms with Crippen LogP contribution in [0.5, 0.6) is 0 Å². The molecular formula is C21H27FN2O2S. The lowest BCUT2D eigenvalue weighted by atomic mass is 10.1. The van der Waals surface area contributed by atoms with E-state index in [4.69, 9.17) is 0 Å². The second-order valence-electron chi connectivity index (χ2n) is 7.31. The van der Waals surface area contributed by atoms with E-state index in [1.54, 1.807) is 16.4 Å². The Morgan fingerprint density at radius 3 is 2.15 bits per heavy atom. The smallest absolute Gasteiger partial charge is 0.243 e. The van der Waals surface area contributed by atoms with Gasteiger partial charge in [-0.1, -0.05) is 35.9 Å². The summed E-state index contributed by atoms with van der Waals surface area (Å²) in [6.45, 7) is 8.69. The Bertz CT molecular complexity index is 897. The maximum atomic E-state index is 13.7. The van der Waals surface area contributed by atoms with Crippen LogP contribution in [0.15, 0.2) is 41.3 Å². The van der Waals surface area contributed by atoms with Crippen LogP contribution in [-0.4, -0.2) is 50.3 Å². The molecule has 0 saturated carbocycles. The molecule has 4 nitrogen and oxygen atoms in total. The molecule has 2 aromatic carbocycles. The van der Waals surface area contributed by atoms with Crippen molar-refractivity contribution in [2.75, 3.05) is 32.7 Å². The van der Waals surface area contributed by atoms with Crippen LogP contribution in [0, 0.1) is 26.6 Å². The van der Waals surface area contributed by atoms with Gasteiger partial charge in [0.1, 0.15) is 5.82 Å². The Labute approximate surface area is 161 Å². The Hall–Kier alpha value is -1.76. The summed E-state index contributed by atoms with van der Waals surface area (Å²) in [6, 6.07) is 10.7. The number of sulfonamides is 1. The molecule has 2 aromatic rings. The third-order valence-corrected chi connectivity index (χ3v) is 7.39. The first kappa shape index (κ1) is 20.0. The summed E-state index contributed by atoms with van der Waals surface area (Å²) >= 11 is 0. The van der Waals surface area contributed by atoms with Crippen LogP contribution < -0.4 is 0 Å². The molecule has 146 valence electrons. The van der Waals surface area contributed by atoms with Gasteiger partial charge in [0.05, 0.1) is 4.90 Å². The topological polar surface area (TPSA) is 40.6 Å². The van der Waals surface area contributed by atoms with Crippen LogP contribution in [0.4, 0.5) is 4.39 Å². The van der Waals surface area contributed by atoms with Crippen LogP contribution in [0.1, 0.15) is 22.3 Å². The molecule has 1 aliphatic rings. The van der Waals surface area contributed by atoms with Gasteiger partial charge in [-0.15, -0.1) is 0 Å². The maximum absolute atomic E-state index is 13.7. The summed E-state index contributed by atoms with van der Waals surface area (Å²) in [7, 11) is -3.49. The quantitative estimate of drug-likeness (QED) is 0.787. The zero-order chi connectivity index (χ0) is 19.6. The lowest BCUT2D eigenvalue weighted by Gasteiger charge is -2.34. The van der Waals surface area contributed by atoms with Crippen molar-refractivity contribution in [1.82, 2.24) is 9.21 Å². The Morgan fingerprint density at radius 1 is 0.963 bits per heavy atom. The first-order chi connectivity index (χ1) is 12.8. The molecule has 3 rings (SSSR count). The molecule has 0 amide bonds. The molecule has 0 atom stereocenters. The summed E-state index contributed by atoms with van der Waals surface area (Å²) in [5.41, 5.74) is 3.38. The number of piperazine rings is 1. The number of hydrogen-bond donors (Lipinski definition) is 0. The van der Waals surface area contributed by atoms with E-state index in [1.807, 2.05) is 39.0 Å². The molecule has 0 radical (unpaired) electrons. The third-order valence-electron chi connectivity index (χ3n) is 5.19. The summed E-state index contributed by atoms with van der Waals surface area (Å²) < 4.78 is 41.6. The molecular weight excluding hydrogens is 363 g/mol. The number of rotatable bonds is 5. The van der Waals surface area contributed by atoms with Gasteiger partial charge in [-0.3, -0.25) is 0 Å². The van der Waals surface area contributed by atoms with E-state index in [2.05, 4.69) is 4.90 Å². The van der Waals surface area contributed by atoms with Crippen LogP contribution in [0.25, 0.3) is 0 Å². The molecule has 0 bridgehead atoms. The fourth-order valence-corrected chi connectivity index (χ4v) is 5.71. The first-order valence-electron chi connectivity index (χ1n) is 9.33. The zero-order valence-electron chi connectivity index (χ0n) is 16.2. The first-order valence-corrected chi connectivity index (χ1v) is 10.8. The number of nitrogens with zero attached hydrogens (tertiary/aromatic N) is 2. The van der Waals surface area contributed by atoms with Gasteiger partial charge in [-0.25, -0.2) is 12.8 Å². The summed E-state index contributed by atoms with van der Waals surface area (Å²) in [5, 5.41) is 0. The molecule has 0 aliphatic carbocycles. The van der Waals surface area contributed by atoms with Gasteiger partial charge >= 0.3 is 0 Å². The van der Waals surface area contributed by atoms with Crippen molar-refractivity contribution in [3.05, 3.63) is 64.5 Å². The number of aryl methyl sites for hydroxylation is 3. The van der Waals surface area contributed by atoms with Crippen LogP contribution >= 0.6 is 0 Å². The van der Waals surface area contributed by atoms with Crippen molar-refractivity contribution in [2.24, 2.45) is 0 Å². The zero-order valence-corrected chi connectivity index (χ0v) is 17.0. The van der Waals surface area contributed by atoms with Gasteiger partial charge in [0.15, 0.2) is 0 Å². The lowest BCUT2D eigenvalue weighted by Crippen LogP contribution is -2.49. The molecule has 6 heteroatoms. The van der Waals surface area contributed by atoms with E-state index in [0.717, 1.165) is 23.2 Å². The highest BCUT2D eigenvalue weighted by Gasteiger charge is 2.30. The van der Waals surface area contributed by atoms with Gasteiger partial charge in [-0.05, 0) is 49.9 Å². The highest BCUT2D eigenvalue weighted by atomic mass is 32.2. The second kappa shape index (κ2) is 8.09. The minimum absolute atomic E-state index is 0.177. The Morgan fingerprint density at radius 2 is 1.56 bits per heavy atom. The SMILES string of the molecule is Cc1cc(C)c(S(=O)(=O)N2CCN(CCc3ccccc3F)CC2)c(C)c1. The lowest BCUT2D eigenvalue weighted by molar-refractivity contribution is 0.189. The van der Waals surface area contributed by atoms with E-state index < -0.39 is 10.0 Å². The van der Waals surface area contributed by atoms with Crippen molar-refractivity contribution >= 4 is 10.0 Å². The normalized spacial score (nSPS) is 16.6. The van der Waals surface area contributed by atoms with Crippen molar-refractivity contribution in [3.63, 3.8) is 0 Å². The van der Waals surface area contributed by atoms with Crippen LogP contribution in [-0.2, 0) is 16.4 Å². The van der Waals surface area contributed by atoms with E-state index >= 15 is 0 Å². The molecule has 1 heterocycles. The molecule has 0 spiro atoms. The second-order valence-corrected chi connectivity index (χ2v) is 9.19. The molecule has 1 aliphatic heterocycles. The van der Waals surface area contributed by atoms with E-state index in [0.29, 0.717) is 43.1 Å². The van der Waals surface area contributed by atoms with Crippen LogP contribution in [0.3, 0.4) is 0 Å². The maximum Gasteiger partial charge on any atom is 0.243 e. The van der Waals surface area contributed by atoms with E-state index in [9.17, 15) is 12.8 Å². The van der Waals surface area contributed by atoms with E-state index in [1.165, 1.54) is 6.07 Å². The van der Waals surface area contributed by atoms with Gasteiger partial charge in [0.2, 0.25) is 10.0 Å². The molecule has 0 unspecified atom stereocenters. The Balaban J connectivity index is 1.64. The summed E-state index contributed by atoms with van der Waals surface area (Å²) in [5.74, 6) is -0.177. The van der Waals surface area contributed by atoms with Crippen molar-refractivity contribution in [3.8, 4) is 0 Å². The standard InChI is InChI=1S/C21H27FN2O2S/c1-16-14-17(2)21(18(3)15-16)27(25,26)24-12-10-23(11-13-24)9-8-19-6-4-5-7-20(19)22/h4-7,14-15H,8-13H2,1-3H3. The average molecular weight is 391 g/mol. The molecule has 0 N–H and O–H groups in total. The molecule has 1 fully saturated rings. The highest BCUT2D eigenvalue weighted by molar-refractivity contribution is 7.89. The number of halogens is 1. The fourth-order valence-electron chi connectivity index (χ4n) is 3.88. The van der Waals surface area contributed by atoms with Gasteiger partial charge in [0.25, 0.3) is 0 Å². The van der Waals surface area contributed by atoms with Gasteiger partial charge in [-0.2, -0.15) is 4.31 Å². The minimum Gasteiger partial charge on any atom is -0.300 e. The molecule has 1 saturated heterocycles.